The highest BCUT2D eigenvalue weighted by Crippen LogP contribution is 2.34. The van der Waals surface area contributed by atoms with Gasteiger partial charge in [0.2, 0.25) is 5.91 Å². The highest BCUT2D eigenvalue weighted by Gasteiger charge is 2.23. The van der Waals surface area contributed by atoms with E-state index < -0.39 is 30.7 Å². The normalized spacial score (nSPS) is 12.0. The molecule has 0 aliphatic heterocycles. The Morgan fingerprint density at radius 2 is 1.65 bits per heavy atom. The van der Waals surface area contributed by atoms with Crippen molar-refractivity contribution in [2.75, 3.05) is 13.2 Å². The largest absolute Gasteiger partial charge is 0.513 e. The topological polar surface area (TPSA) is 128 Å². The van der Waals surface area contributed by atoms with Crippen molar-refractivity contribution in [3.63, 3.8) is 0 Å². The number of hydrogen-bond acceptors (Lipinski definition) is 6. The molecule has 0 saturated carbocycles. The molecule has 144 valence electrons. The Hall–Kier alpha value is -2.61. The van der Waals surface area contributed by atoms with E-state index in [4.69, 9.17) is 20.3 Å². The van der Waals surface area contributed by atoms with Gasteiger partial charge in [-0.25, -0.2) is 9.59 Å². The van der Waals surface area contributed by atoms with Gasteiger partial charge in [-0.05, 0) is 23.0 Å². The Bertz CT molecular complexity index is 631. The maximum atomic E-state index is 12.1. The molecule has 1 unspecified atom stereocenters. The zero-order valence-electron chi connectivity index (χ0n) is 15.4. The van der Waals surface area contributed by atoms with E-state index in [0.717, 1.165) is 11.1 Å². The molecule has 4 N–H and O–H groups in total. The number of benzene rings is 1. The first-order valence-electron chi connectivity index (χ1n) is 8.37. The number of aliphatic carboxylic acids is 1. The third-order valence-electron chi connectivity index (χ3n) is 3.69. The number of para-hydroxylation sites is 1. The van der Waals surface area contributed by atoms with E-state index in [-0.39, 0.29) is 18.4 Å². The molecule has 0 radical (unpaired) electrons. The highest BCUT2D eigenvalue weighted by molar-refractivity contribution is 5.84. The maximum absolute atomic E-state index is 12.1. The third-order valence-corrected chi connectivity index (χ3v) is 3.69. The Balaban J connectivity index is 2.87. The van der Waals surface area contributed by atoms with E-state index >= 15 is 0 Å². The summed E-state index contributed by atoms with van der Waals surface area (Å²) in [4.78, 5) is 34.4. The Morgan fingerprint density at radius 1 is 1.12 bits per heavy atom. The fourth-order valence-electron chi connectivity index (χ4n) is 2.29. The van der Waals surface area contributed by atoms with Gasteiger partial charge in [0.15, 0.2) is 6.04 Å². The van der Waals surface area contributed by atoms with Gasteiger partial charge in [0.05, 0.1) is 6.54 Å². The van der Waals surface area contributed by atoms with Gasteiger partial charge in [0, 0.05) is 0 Å². The van der Waals surface area contributed by atoms with Crippen molar-refractivity contribution >= 4 is 18.0 Å². The molecule has 0 heterocycles. The number of carbonyl (C=O) groups excluding carboxylic acids is 2. The fraction of sp³-hybridized carbons (Fsp3) is 0.500. The minimum Gasteiger partial charge on any atom is -0.480 e. The molecule has 0 aliphatic carbocycles. The zero-order valence-corrected chi connectivity index (χ0v) is 15.4. The van der Waals surface area contributed by atoms with Crippen molar-refractivity contribution in [3.05, 3.63) is 29.3 Å². The number of rotatable bonds is 8. The van der Waals surface area contributed by atoms with Crippen LogP contribution in [0.25, 0.3) is 0 Å². The zero-order chi connectivity index (χ0) is 19.9. The monoisotopic (exact) mass is 366 g/mol. The summed E-state index contributed by atoms with van der Waals surface area (Å²) in [6.07, 6.45) is -1.03. The van der Waals surface area contributed by atoms with E-state index in [0.29, 0.717) is 5.75 Å². The van der Waals surface area contributed by atoms with Crippen LogP contribution in [0.5, 0.6) is 5.75 Å². The van der Waals surface area contributed by atoms with Crippen molar-refractivity contribution in [1.29, 1.82) is 0 Å². The van der Waals surface area contributed by atoms with Crippen LogP contribution in [0, 0.1) is 0 Å². The predicted molar refractivity (Wildman–Crippen MR) is 95.2 cm³/mol. The van der Waals surface area contributed by atoms with Crippen molar-refractivity contribution in [3.8, 4) is 5.75 Å². The molecule has 0 spiro atoms. The molecule has 1 amide bonds. The number of hydrogen-bond donors (Lipinski definition) is 3. The molecule has 0 aliphatic rings. The molecule has 1 rings (SSSR count). The SMILES string of the molecule is CC(C)c1cccc(C(C)C)c1OC(=O)OCC(NC(=O)CN)C(=O)O. The van der Waals surface area contributed by atoms with Crippen LogP contribution in [0.4, 0.5) is 4.79 Å². The summed E-state index contributed by atoms with van der Waals surface area (Å²) < 4.78 is 10.3. The Labute approximate surface area is 152 Å². The van der Waals surface area contributed by atoms with Crippen LogP contribution in [0.3, 0.4) is 0 Å². The second-order valence-corrected chi connectivity index (χ2v) is 6.40. The molecule has 0 bridgehead atoms. The van der Waals surface area contributed by atoms with Crippen molar-refractivity contribution < 1.29 is 29.0 Å². The summed E-state index contributed by atoms with van der Waals surface area (Å²) in [5.41, 5.74) is 6.82. The lowest BCUT2D eigenvalue weighted by molar-refractivity contribution is -0.142. The smallest absolute Gasteiger partial charge is 0.480 e. The summed E-state index contributed by atoms with van der Waals surface area (Å²) >= 11 is 0. The molecular formula is C18H26N2O6. The van der Waals surface area contributed by atoms with E-state index in [1.165, 1.54) is 0 Å². The summed E-state index contributed by atoms with van der Waals surface area (Å²) in [7, 11) is 0. The average molecular weight is 366 g/mol. The quantitative estimate of drug-likeness (QED) is 0.474. The second kappa shape index (κ2) is 9.76. The first kappa shape index (κ1) is 21.4. The first-order valence-corrected chi connectivity index (χ1v) is 8.37. The van der Waals surface area contributed by atoms with Crippen LogP contribution in [-0.4, -0.2) is 42.3 Å². The summed E-state index contributed by atoms with van der Waals surface area (Å²) in [5, 5.41) is 11.2. The average Bonchev–Trinajstić information content (AvgIpc) is 2.57. The minimum atomic E-state index is -1.40. The molecule has 8 nitrogen and oxygen atoms in total. The summed E-state index contributed by atoms with van der Waals surface area (Å²) in [6, 6.07) is 4.22. The van der Waals surface area contributed by atoms with Crippen LogP contribution in [0.1, 0.15) is 50.7 Å². The van der Waals surface area contributed by atoms with Gasteiger partial charge in [-0.2, -0.15) is 0 Å². The number of carboxylic acids is 1. The minimum absolute atomic E-state index is 0.118. The molecule has 0 fully saturated rings. The van der Waals surface area contributed by atoms with Gasteiger partial charge in [-0.15, -0.1) is 0 Å². The molecule has 8 heteroatoms. The van der Waals surface area contributed by atoms with Crippen LogP contribution >= 0.6 is 0 Å². The van der Waals surface area contributed by atoms with Gasteiger partial charge in [-0.3, -0.25) is 4.79 Å². The number of amides is 1. The highest BCUT2D eigenvalue weighted by atomic mass is 16.7. The third kappa shape index (κ3) is 6.03. The maximum Gasteiger partial charge on any atom is 0.513 e. The lowest BCUT2D eigenvalue weighted by atomic mass is 9.94. The standard InChI is InChI=1S/C18H26N2O6/c1-10(2)12-6-5-7-13(11(3)4)16(12)26-18(24)25-9-14(17(22)23)20-15(21)8-19/h5-7,10-11,14H,8-9,19H2,1-4H3,(H,20,21)(H,22,23). The molecular weight excluding hydrogens is 340 g/mol. The molecule has 0 aromatic heterocycles. The van der Waals surface area contributed by atoms with Gasteiger partial charge in [0.25, 0.3) is 0 Å². The van der Waals surface area contributed by atoms with Crippen molar-refractivity contribution in [1.82, 2.24) is 5.32 Å². The molecule has 1 atom stereocenters. The van der Waals surface area contributed by atoms with E-state index in [1.54, 1.807) is 0 Å². The number of nitrogens with one attached hydrogen (secondary N) is 1. The van der Waals surface area contributed by atoms with E-state index in [2.05, 4.69) is 5.32 Å². The lowest BCUT2D eigenvalue weighted by Gasteiger charge is -2.19. The van der Waals surface area contributed by atoms with Gasteiger partial charge >= 0.3 is 12.1 Å². The number of carboxylic acid groups (broad SMARTS) is 1. The van der Waals surface area contributed by atoms with E-state index in [1.807, 2.05) is 45.9 Å². The lowest BCUT2D eigenvalue weighted by Crippen LogP contribution is -2.46. The Kier molecular flexibility index (Phi) is 8.05. The first-order chi connectivity index (χ1) is 12.2. The van der Waals surface area contributed by atoms with Crippen molar-refractivity contribution in [2.45, 2.75) is 45.6 Å². The second-order valence-electron chi connectivity index (χ2n) is 6.40. The Morgan fingerprint density at radius 3 is 2.08 bits per heavy atom. The molecule has 1 aromatic carbocycles. The molecule has 26 heavy (non-hydrogen) atoms. The molecule has 0 saturated heterocycles. The van der Waals surface area contributed by atoms with Crippen LogP contribution < -0.4 is 15.8 Å². The summed E-state index contributed by atoms with van der Waals surface area (Å²) in [5.74, 6) is -1.36. The number of ether oxygens (including phenoxy) is 2. The number of nitrogens with two attached hydrogens (primary N) is 1. The van der Waals surface area contributed by atoms with E-state index in [9.17, 15) is 14.4 Å². The van der Waals surface area contributed by atoms with Crippen LogP contribution in [0.15, 0.2) is 18.2 Å². The van der Waals surface area contributed by atoms with Gasteiger partial charge in [0.1, 0.15) is 12.4 Å². The van der Waals surface area contributed by atoms with Crippen molar-refractivity contribution in [2.24, 2.45) is 5.73 Å². The van der Waals surface area contributed by atoms with Gasteiger partial charge in [-0.1, -0.05) is 45.9 Å². The summed E-state index contributed by atoms with van der Waals surface area (Å²) in [6.45, 7) is 6.95. The molecule has 1 aromatic rings. The van der Waals surface area contributed by atoms with Crippen LogP contribution in [0.2, 0.25) is 0 Å². The fourth-order valence-corrected chi connectivity index (χ4v) is 2.29. The number of carbonyl (C=O) groups is 3. The van der Waals surface area contributed by atoms with Gasteiger partial charge < -0.3 is 25.6 Å². The van der Waals surface area contributed by atoms with Crippen LogP contribution in [-0.2, 0) is 14.3 Å². The predicted octanol–water partition coefficient (Wildman–Crippen LogP) is 1.98.